The molecule has 0 fully saturated rings. The van der Waals surface area contributed by atoms with E-state index in [1.165, 1.54) is 38.7 Å². The van der Waals surface area contributed by atoms with Gasteiger partial charge in [0.2, 0.25) is 0 Å². The minimum Gasteiger partial charge on any atom is -0.133 e. The molecule has 0 saturated carbocycles. The van der Waals surface area contributed by atoms with Crippen molar-refractivity contribution >= 4 is 33.0 Å². The van der Waals surface area contributed by atoms with Gasteiger partial charge in [-0.3, -0.25) is 0 Å². The van der Waals surface area contributed by atoms with Crippen LogP contribution >= 0.6 is 27.7 Å². The topological polar surface area (TPSA) is 0 Å². The molecule has 0 nitrogen and oxygen atoms in total. The Kier molecular flexibility index (Phi) is 5.61. The Morgan fingerprint density at radius 1 is 0.522 bits per heavy atom. The van der Waals surface area contributed by atoms with Crippen molar-refractivity contribution in [3.63, 3.8) is 0 Å². The van der Waals surface area contributed by atoms with Gasteiger partial charge in [-0.05, 0) is 51.0 Å². The molecule has 3 rings (SSSR count). The van der Waals surface area contributed by atoms with Crippen molar-refractivity contribution in [2.24, 2.45) is 0 Å². The van der Waals surface area contributed by atoms with E-state index in [0.717, 1.165) is 12.3 Å². The first kappa shape index (κ1) is 16.8. The summed E-state index contributed by atoms with van der Waals surface area (Å²) in [6.07, 6.45) is 1.98. The van der Waals surface area contributed by atoms with Crippen LogP contribution in [0.15, 0.2) is 66.7 Å². The molecule has 3 aromatic rings. The number of benzene rings is 3. The molecule has 0 saturated heterocycles. The van der Waals surface area contributed by atoms with Crippen LogP contribution in [0.25, 0.3) is 22.3 Å². The van der Waals surface area contributed by atoms with Crippen molar-refractivity contribution < 1.29 is 0 Å². The molecule has 116 valence electrons. The fourth-order valence-electron chi connectivity index (χ4n) is 2.70. The summed E-state index contributed by atoms with van der Waals surface area (Å²) in [6, 6.07) is 24.3. The normalized spacial score (nSPS) is 10.7. The van der Waals surface area contributed by atoms with Crippen LogP contribution in [-0.4, -0.2) is 0 Å². The predicted octanol–water partition coefficient (Wildman–Crippen LogP) is 5.27. The Bertz CT molecular complexity index is 768. The highest BCUT2D eigenvalue weighted by atomic mass is 31.0. The molecule has 3 aromatic carbocycles. The quantitative estimate of drug-likeness (QED) is 0.560. The van der Waals surface area contributed by atoms with Gasteiger partial charge in [-0.25, -0.2) is 0 Å². The molecular formula is C20H21P3. The van der Waals surface area contributed by atoms with E-state index in [2.05, 4.69) is 94.4 Å². The smallest absolute Gasteiger partial charge is 0.0128 e. The molecule has 0 aliphatic heterocycles. The summed E-state index contributed by atoms with van der Waals surface area (Å²) in [4.78, 5) is 0. The Labute approximate surface area is 145 Å². The van der Waals surface area contributed by atoms with Gasteiger partial charge in [-0.2, -0.15) is 0 Å². The Morgan fingerprint density at radius 3 is 1.35 bits per heavy atom. The van der Waals surface area contributed by atoms with Crippen LogP contribution in [0.3, 0.4) is 0 Å². The lowest BCUT2D eigenvalue weighted by Crippen LogP contribution is -1.89. The summed E-state index contributed by atoms with van der Waals surface area (Å²) in [7, 11) is 8.36. The highest BCUT2D eigenvalue weighted by molar-refractivity contribution is 7.27. The molecule has 23 heavy (non-hydrogen) atoms. The monoisotopic (exact) mass is 354 g/mol. The Hall–Kier alpha value is -1.05. The van der Waals surface area contributed by atoms with Crippen molar-refractivity contribution in [1.82, 2.24) is 0 Å². The minimum absolute atomic E-state index is 0.991. The first-order valence-corrected chi connectivity index (χ1v) is 9.90. The van der Waals surface area contributed by atoms with Gasteiger partial charge >= 0.3 is 0 Å². The first-order chi connectivity index (χ1) is 11.2. The molecule has 3 unspecified atom stereocenters. The molecule has 0 aliphatic carbocycles. The van der Waals surface area contributed by atoms with E-state index in [-0.39, 0.29) is 0 Å². The largest absolute Gasteiger partial charge is 0.133 e. The van der Waals surface area contributed by atoms with E-state index in [4.69, 9.17) is 0 Å². The van der Waals surface area contributed by atoms with Crippen molar-refractivity contribution in [2.45, 2.75) is 12.3 Å². The predicted molar refractivity (Wildman–Crippen MR) is 113 cm³/mol. The Morgan fingerprint density at radius 2 is 0.913 bits per heavy atom. The van der Waals surface area contributed by atoms with Gasteiger partial charge in [0.1, 0.15) is 0 Å². The first-order valence-electron chi connectivity index (χ1n) is 7.69. The molecule has 0 aliphatic rings. The maximum absolute atomic E-state index is 2.81. The third-order valence-corrected chi connectivity index (χ3v) is 5.31. The van der Waals surface area contributed by atoms with Crippen LogP contribution in [0.1, 0.15) is 11.1 Å². The van der Waals surface area contributed by atoms with Crippen LogP contribution in [0.4, 0.5) is 0 Å². The van der Waals surface area contributed by atoms with Crippen LogP contribution in [0, 0.1) is 0 Å². The average Bonchev–Trinajstić information content (AvgIpc) is 2.62. The fourth-order valence-corrected chi connectivity index (χ4v) is 3.36. The molecule has 0 spiro atoms. The number of hydrogen-bond donors (Lipinski definition) is 0. The van der Waals surface area contributed by atoms with Gasteiger partial charge in [-0.1, -0.05) is 66.7 Å². The Balaban J connectivity index is 1.94. The fraction of sp³-hybridized carbons (Fsp3) is 0.100. The standard InChI is InChI=1S/C20H21P3/c21-12-14-9-15(13-22)11-19(10-14)18-3-1-16(2-4-18)17-5-7-20(23)8-6-17/h1-11H,12-13,21-23H2. The summed E-state index contributed by atoms with van der Waals surface area (Å²) < 4.78 is 0. The van der Waals surface area contributed by atoms with Gasteiger partial charge < -0.3 is 0 Å². The second-order valence-corrected chi connectivity index (χ2v) is 7.13. The molecule has 3 heteroatoms. The van der Waals surface area contributed by atoms with Crippen molar-refractivity contribution in [3.8, 4) is 22.3 Å². The number of rotatable bonds is 4. The van der Waals surface area contributed by atoms with E-state index in [9.17, 15) is 0 Å². The highest BCUT2D eigenvalue weighted by Gasteiger charge is 2.03. The lowest BCUT2D eigenvalue weighted by molar-refractivity contribution is 1.33. The molecule has 0 bridgehead atoms. The lowest BCUT2D eigenvalue weighted by atomic mass is 9.98. The van der Waals surface area contributed by atoms with E-state index < -0.39 is 0 Å². The second-order valence-electron chi connectivity index (χ2n) is 5.65. The van der Waals surface area contributed by atoms with Crippen LogP contribution in [-0.2, 0) is 12.3 Å². The molecular weight excluding hydrogens is 333 g/mol. The molecule has 0 aromatic heterocycles. The van der Waals surface area contributed by atoms with Crippen molar-refractivity contribution in [2.75, 3.05) is 0 Å². The van der Waals surface area contributed by atoms with E-state index >= 15 is 0 Å². The highest BCUT2D eigenvalue weighted by Crippen LogP contribution is 2.27. The van der Waals surface area contributed by atoms with Gasteiger partial charge in [0.05, 0.1) is 0 Å². The minimum atomic E-state index is 0.991. The molecule has 3 atom stereocenters. The van der Waals surface area contributed by atoms with Gasteiger partial charge in [0.15, 0.2) is 0 Å². The maximum Gasteiger partial charge on any atom is -0.0128 e. The summed E-state index contributed by atoms with van der Waals surface area (Å²) >= 11 is 0. The zero-order chi connectivity index (χ0) is 16.2. The van der Waals surface area contributed by atoms with Gasteiger partial charge in [0, 0.05) is 0 Å². The molecule has 0 amide bonds. The molecule has 0 radical (unpaired) electrons. The summed E-state index contributed by atoms with van der Waals surface area (Å²) in [6.45, 7) is 0. The summed E-state index contributed by atoms with van der Waals surface area (Å²) in [5.41, 5.74) is 7.82. The van der Waals surface area contributed by atoms with Crippen molar-refractivity contribution in [1.29, 1.82) is 0 Å². The van der Waals surface area contributed by atoms with Crippen molar-refractivity contribution in [3.05, 3.63) is 77.9 Å². The zero-order valence-corrected chi connectivity index (χ0v) is 16.5. The van der Waals surface area contributed by atoms with E-state index in [1.54, 1.807) is 0 Å². The maximum atomic E-state index is 2.81. The zero-order valence-electron chi connectivity index (χ0n) is 13.0. The van der Waals surface area contributed by atoms with Crippen LogP contribution in [0.2, 0.25) is 0 Å². The average molecular weight is 354 g/mol. The number of hydrogen-bond acceptors (Lipinski definition) is 0. The van der Waals surface area contributed by atoms with E-state index in [0.29, 0.717) is 0 Å². The molecule has 0 N–H and O–H groups in total. The van der Waals surface area contributed by atoms with Crippen LogP contribution < -0.4 is 5.30 Å². The molecule has 0 heterocycles. The third-order valence-electron chi connectivity index (χ3n) is 3.99. The third kappa shape index (κ3) is 4.08. The SMILES string of the molecule is PCc1cc(CP)cc(-c2ccc(-c3ccc(P)cc3)cc2)c1. The lowest BCUT2D eigenvalue weighted by Gasteiger charge is -2.09. The van der Waals surface area contributed by atoms with E-state index in [1.807, 2.05) is 0 Å². The summed E-state index contributed by atoms with van der Waals surface area (Å²) in [5, 5.41) is 1.21. The summed E-state index contributed by atoms with van der Waals surface area (Å²) in [5.74, 6) is 0. The van der Waals surface area contributed by atoms with Gasteiger partial charge in [0.25, 0.3) is 0 Å². The van der Waals surface area contributed by atoms with Gasteiger partial charge in [-0.15, -0.1) is 27.7 Å². The van der Waals surface area contributed by atoms with Crippen LogP contribution in [0.5, 0.6) is 0 Å². The second kappa shape index (κ2) is 7.68.